The molecule has 0 saturated carbocycles. The standard InChI is InChI=1S/C19H32N6O/c1-21(2)19(26)24-8-4-9-25-18(14-24)11-15(20-25)12-23-10-7-16-5-6-17(13-23)22(16)3/h11,16-17H,4-10,12-14H2,1-3H3/t16-,17+/m0/s1. The van der Waals surface area contributed by atoms with Gasteiger partial charge in [-0.25, -0.2) is 4.79 Å². The van der Waals surface area contributed by atoms with Crippen molar-refractivity contribution < 1.29 is 4.79 Å². The van der Waals surface area contributed by atoms with Crippen LogP contribution in [0.3, 0.4) is 0 Å². The van der Waals surface area contributed by atoms with Crippen molar-refractivity contribution >= 4 is 6.03 Å². The third-order valence-corrected chi connectivity index (χ3v) is 6.34. The average Bonchev–Trinajstić information content (AvgIpc) is 3.01. The lowest BCUT2D eigenvalue weighted by atomic mass is 10.1. The summed E-state index contributed by atoms with van der Waals surface area (Å²) in [4.78, 5) is 21.1. The fourth-order valence-electron chi connectivity index (χ4n) is 4.80. The van der Waals surface area contributed by atoms with Crippen molar-refractivity contribution in [2.45, 2.75) is 57.4 Å². The van der Waals surface area contributed by atoms with E-state index in [1.54, 1.807) is 4.90 Å². The van der Waals surface area contributed by atoms with E-state index >= 15 is 0 Å². The molecular weight excluding hydrogens is 328 g/mol. The maximum atomic E-state index is 12.3. The van der Waals surface area contributed by atoms with Gasteiger partial charge in [-0.2, -0.15) is 5.10 Å². The molecule has 1 aromatic heterocycles. The van der Waals surface area contributed by atoms with Gasteiger partial charge < -0.3 is 9.80 Å². The second-order valence-corrected chi connectivity index (χ2v) is 8.38. The molecule has 3 aliphatic rings. The number of hydrogen-bond acceptors (Lipinski definition) is 4. The van der Waals surface area contributed by atoms with Crippen molar-refractivity contribution in [2.24, 2.45) is 0 Å². The van der Waals surface area contributed by atoms with E-state index in [1.165, 1.54) is 31.5 Å². The Morgan fingerprint density at radius 1 is 1.19 bits per heavy atom. The third-order valence-electron chi connectivity index (χ3n) is 6.34. The molecule has 2 saturated heterocycles. The zero-order chi connectivity index (χ0) is 18.3. The van der Waals surface area contributed by atoms with Gasteiger partial charge in [0.25, 0.3) is 0 Å². The fourth-order valence-corrected chi connectivity index (χ4v) is 4.80. The topological polar surface area (TPSA) is 47.9 Å². The van der Waals surface area contributed by atoms with Gasteiger partial charge >= 0.3 is 6.03 Å². The van der Waals surface area contributed by atoms with Crippen LogP contribution in [0.2, 0.25) is 0 Å². The smallest absolute Gasteiger partial charge is 0.319 e. The lowest BCUT2D eigenvalue weighted by molar-refractivity contribution is 0.169. The first-order valence-electron chi connectivity index (χ1n) is 9.97. The van der Waals surface area contributed by atoms with E-state index in [4.69, 9.17) is 5.10 Å². The number of aromatic nitrogens is 2. The van der Waals surface area contributed by atoms with Crippen LogP contribution in [0.15, 0.2) is 6.07 Å². The Kier molecular flexibility index (Phi) is 4.92. The molecule has 7 nitrogen and oxygen atoms in total. The molecule has 2 fully saturated rings. The van der Waals surface area contributed by atoms with E-state index in [9.17, 15) is 4.79 Å². The Bertz CT molecular complexity index is 656. The van der Waals surface area contributed by atoms with E-state index in [1.807, 2.05) is 19.0 Å². The Morgan fingerprint density at radius 3 is 2.81 bits per heavy atom. The lowest BCUT2D eigenvalue weighted by Gasteiger charge is -2.25. The summed E-state index contributed by atoms with van der Waals surface area (Å²) in [6, 6.07) is 3.78. The minimum absolute atomic E-state index is 0.0905. The van der Waals surface area contributed by atoms with Gasteiger partial charge in [-0.05, 0) is 38.8 Å². The predicted molar refractivity (Wildman–Crippen MR) is 101 cm³/mol. The molecule has 0 radical (unpaired) electrons. The first kappa shape index (κ1) is 17.8. The van der Waals surface area contributed by atoms with Crippen molar-refractivity contribution in [2.75, 3.05) is 40.8 Å². The highest BCUT2D eigenvalue weighted by Crippen LogP contribution is 2.29. The summed E-state index contributed by atoms with van der Waals surface area (Å²) < 4.78 is 2.12. The number of likely N-dealkylation sites (tertiary alicyclic amines) is 1. The number of carbonyl (C=O) groups excluding carboxylic acids is 1. The van der Waals surface area contributed by atoms with Gasteiger partial charge in [0, 0.05) is 58.9 Å². The van der Waals surface area contributed by atoms with Crippen LogP contribution in [0, 0.1) is 0 Å². The van der Waals surface area contributed by atoms with Gasteiger partial charge in [0.2, 0.25) is 0 Å². The number of amides is 2. The molecule has 0 unspecified atom stereocenters. The van der Waals surface area contributed by atoms with E-state index in [2.05, 4.69) is 27.6 Å². The van der Waals surface area contributed by atoms with E-state index in [0.717, 1.165) is 44.3 Å². The Labute approximate surface area is 156 Å². The highest BCUT2D eigenvalue weighted by atomic mass is 16.2. The molecule has 3 aliphatic heterocycles. The monoisotopic (exact) mass is 360 g/mol. The molecule has 4 rings (SSSR count). The number of likely N-dealkylation sites (N-methyl/N-ethyl adjacent to an activating group) is 1. The van der Waals surface area contributed by atoms with E-state index in [0.29, 0.717) is 12.6 Å². The average molecular weight is 361 g/mol. The molecular formula is C19H32N6O. The number of rotatable bonds is 2. The molecule has 2 atom stereocenters. The van der Waals surface area contributed by atoms with Crippen molar-refractivity contribution in [3.63, 3.8) is 0 Å². The van der Waals surface area contributed by atoms with Gasteiger partial charge in [0.05, 0.1) is 17.9 Å². The van der Waals surface area contributed by atoms with Gasteiger partial charge in [-0.3, -0.25) is 14.5 Å². The number of hydrogen-bond donors (Lipinski definition) is 0. The zero-order valence-electron chi connectivity index (χ0n) is 16.4. The van der Waals surface area contributed by atoms with Crippen molar-refractivity contribution in [1.82, 2.24) is 29.4 Å². The Morgan fingerprint density at radius 2 is 2.00 bits per heavy atom. The number of urea groups is 1. The molecule has 7 heteroatoms. The predicted octanol–water partition coefficient (Wildman–Crippen LogP) is 1.44. The minimum Gasteiger partial charge on any atom is -0.331 e. The van der Waals surface area contributed by atoms with Gasteiger partial charge in [0.1, 0.15) is 0 Å². The van der Waals surface area contributed by atoms with Gasteiger partial charge in [-0.15, -0.1) is 0 Å². The quantitative estimate of drug-likeness (QED) is 0.801. The summed E-state index contributed by atoms with van der Waals surface area (Å²) in [6.07, 6.45) is 4.93. The van der Waals surface area contributed by atoms with Gasteiger partial charge in [0.15, 0.2) is 0 Å². The second kappa shape index (κ2) is 7.19. The number of carbonyl (C=O) groups is 1. The van der Waals surface area contributed by atoms with Crippen LogP contribution >= 0.6 is 0 Å². The molecule has 0 spiro atoms. The van der Waals surface area contributed by atoms with Crippen molar-refractivity contribution in [3.8, 4) is 0 Å². The van der Waals surface area contributed by atoms with Crippen LogP contribution in [0.1, 0.15) is 37.1 Å². The SMILES string of the molecule is CN(C)C(=O)N1CCCn2nc(CN3CC[C@@H]4CC[C@H](C3)N4C)cc2C1. The molecule has 0 N–H and O–H groups in total. The van der Waals surface area contributed by atoms with Gasteiger partial charge in [-0.1, -0.05) is 0 Å². The normalized spacial score (nSPS) is 27.1. The maximum absolute atomic E-state index is 12.3. The minimum atomic E-state index is 0.0905. The third kappa shape index (κ3) is 3.47. The summed E-state index contributed by atoms with van der Waals surface area (Å²) in [5.74, 6) is 0. The molecule has 2 bridgehead atoms. The first-order valence-corrected chi connectivity index (χ1v) is 9.97. The second-order valence-electron chi connectivity index (χ2n) is 8.38. The Hall–Kier alpha value is -1.60. The molecule has 4 heterocycles. The van der Waals surface area contributed by atoms with Crippen LogP contribution in [0.4, 0.5) is 4.79 Å². The van der Waals surface area contributed by atoms with E-state index in [-0.39, 0.29) is 6.03 Å². The highest BCUT2D eigenvalue weighted by molar-refractivity contribution is 5.73. The largest absolute Gasteiger partial charge is 0.331 e. The van der Waals surface area contributed by atoms with Crippen LogP contribution in [-0.2, 0) is 19.6 Å². The van der Waals surface area contributed by atoms with Crippen LogP contribution < -0.4 is 0 Å². The molecule has 0 aromatic carbocycles. The lowest BCUT2D eigenvalue weighted by Crippen LogP contribution is -2.38. The molecule has 0 aliphatic carbocycles. The van der Waals surface area contributed by atoms with Crippen molar-refractivity contribution in [3.05, 3.63) is 17.5 Å². The van der Waals surface area contributed by atoms with Crippen molar-refractivity contribution in [1.29, 1.82) is 0 Å². The summed E-state index contributed by atoms with van der Waals surface area (Å²) in [7, 11) is 5.93. The fraction of sp³-hybridized carbons (Fsp3) is 0.789. The summed E-state index contributed by atoms with van der Waals surface area (Å²) in [5.41, 5.74) is 2.32. The molecule has 1 aromatic rings. The Balaban J connectivity index is 1.43. The number of aryl methyl sites for hydroxylation is 1. The summed E-state index contributed by atoms with van der Waals surface area (Å²) in [5, 5.41) is 4.87. The van der Waals surface area contributed by atoms with Crippen LogP contribution in [0.25, 0.3) is 0 Å². The molecule has 26 heavy (non-hydrogen) atoms. The number of nitrogens with zero attached hydrogens (tertiary/aromatic N) is 6. The highest BCUT2D eigenvalue weighted by Gasteiger charge is 2.34. The van der Waals surface area contributed by atoms with E-state index < -0.39 is 0 Å². The zero-order valence-corrected chi connectivity index (χ0v) is 16.4. The maximum Gasteiger partial charge on any atom is 0.319 e. The van der Waals surface area contributed by atoms with Crippen LogP contribution in [0.5, 0.6) is 0 Å². The number of fused-ring (bicyclic) bond motifs is 3. The van der Waals surface area contributed by atoms with Crippen LogP contribution in [-0.4, -0.2) is 88.3 Å². The summed E-state index contributed by atoms with van der Waals surface area (Å²) >= 11 is 0. The first-order chi connectivity index (χ1) is 12.5. The molecule has 2 amide bonds. The summed E-state index contributed by atoms with van der Waals surface area (Å²) in [6.45, 7) is 5.62. The molecule has 144 valence electrons.